The molecule has 0 radical (unpaired) electrons. The fraction of sp³-hybridized carbons (Fsp3) is 0.357. The van der Waals surface area contributed by atoms with Crippen molar-refractivity contribution in [2.75, 3.05) is 12.4 Å². The Morgan fingerprint density at radius 2 is 1.82 bits per heavy atom. The number of fused-ring (bicyclic) bond motifs is 1. The molecule has 0 bridgehead atoms. The minimum atomic E-state index is -0.233. The van der Waals surface area contributed by atoms with E-state index in [0.29, 0.717) is 0 Å². The first-order valence-electron chi connectivity index (χ1n) is 5.78. The van der Waals surface area contributed by atoms with Gasteiger partial charge in [0.15, 0.2) is 0 Å². The van der Waals surface area contributed by atoms with Crippen LogP contribution < -0.4 is 10.9 Å². The molecule has 0 saturated heterocycles. The molecule has 2 aromatic rings. The number of aromatic nitrogens is 1. The number of anilines is 1. The molecule has 90 valence electrons. The third kappa shape index (κ3) is 1.93. The van der Waals surface area contributed by atoms with Crippen LogP contribution in [0, 0.1) is 0 Å². The van der Waals surface area contributed by atoms with Crippen molar-refractivity contribution in [1.29, 1.82) is 0 Å². The highest BCUT2D eigenvalue weighted by Crippen LogP contribution is 2.26. The number of nitrogens with one attached hydrogen (secondary N) is 1. The Hall–Kier alpha value is -1.77. The molecule has 17 heavy (non-hydrogen) atoms. The molecule has 1 aromatic heterocycles. The standard InChI is InChI=1S/C14H18N2O/c1-14(2,3)16-12(17)9-8-10-6-5-7-11(15-4)13(10)16/h5-9,15H,1-4H3. The van der Waals surface area contributed by atoms with E-state index in [2.05, 4.69) is 5.32 Å². The van der Waals surface area contributed by atoms with Crippen LogP contribution in [0.15, 0.2) is 35.1 Å². The fourth-order valence-corrected chi connectivity index (χ4v) is 2.16. The van der Waals surface area contributed by atoms with Crippen molar-refractivity contribution in [1.82, 2.24) is 4.57 Å². The summed E-state index contributed by atoms with van der Waals surface area (Å²) in [5.41, 5.74) is 1.75. The number of para-hydroxylation sites is 1. The molecule has 1 heterocycles. The molecule has 3 heteroatoms. The highest BCUT2D eigenvalue weighted by Gasteiger charge is 2.18. The molecular weight excluding hydrogens is 212 g/mol. The van der Waals surface area contributed by atoms with Gasteiger partial charge in [0.05, 0.1) is 11.2 Å². The van der Waals surface area contributed by atoms with E-state index in [0.717, 1.165) is 16.6 Å². The average Bonchev–Trinajstić information content (AvgIpc) is 2.26. The predicted molar refractivity (Wildman–Crippen MR) is 72.8 cm³/mol. The molecule has 1 aromatic carbocycles. The van der Waals surface area contributed by atoms with Crippen molar-refractivity contribution in [3.63, 3.8) is 0 Å². The van der Waals surface area contributed by atoms with Crippen LogP contribution in [0.4, 0.5) is 5.69 Å². The second-order valence-corrected chi connectivity index (χ2v) is 5.17. The summed E-state index contributed by atoms with van der Waals surface area (Å²) < 4.78 is 1.84. The van der Waals surface area contributed by atoms with E-state index in [4.69, 9.17) is 0 Å². The predicted octanol–water partition coefficient (Wildman–Crippen LogP) is 2.80. The molecule has 2 rings (SSSR count). The van der Waals surface area contributed by atoms with Gasteiger partial charge in [0.25, 0.3) is 5.56 Å². The number of nitrogens with zero attached hydrogens (tertiary/aromatic N) is 1. The molecule has 1 N–H and O–H groups in total. The van der Waals surface area contributed by atoms with Crippen LogP contribution in [0.25, 0.3) is 10.9 Å². The minimum absolute atomic E-state index is 0.0349. The number of benzene rings is 1. The Morgan fingerprint density at radius 1 is 1.12 bits per heavy atom. The molecule has 0 fully saturated rings. The first-order chi connectivity index (χ1) is 7.95. The Labute approximate surface area is 101 Å². The summed E-state index contributed by atoms with van der Waals surface area (Å²) in [5.74, 6) is 0. The molecule has 0 spiro atoms. The lowest BCUT2D eigenvalue weighted by Crippen LogP contribution is -2.33. The number of rotatable bonds is 1. The Balaban J connectivity index is 2.98. The zero-order chi connectivity index (χ0) is 12.6. The molecule has 3 nitrogen and oxygen atoms in total. The normalized spacial score (nSPS) is 11.8. The first kappa shape index (κ1) is 11.7. The van der Waals surface area contributed by atoms with Gasteiger partial charge in [-0.3, -0.25) is 4.79 Å². The topological polar surface area (TPSA) is 34.0 Å². The summed E-state index contributed by atoms with van der Waals surface area (Å²) in [7, 11) is 1.87. The van der Waals surface area contributed by atoms with Crippen molar-refractivity contribution >= 4 is 16.6 Å². The second kappa shape index (κ2) is 3.91. The van der Waals surface area contributed by atoms with Crippen molar-refractivity contribution < 1.29 is 0 Å². The minimum Gasteiger partial charge on any atom is -0.386 e. The molecular formula is C14H18N2O. The summed E-state index contributed by atoms with van der Waals surface area (Å²) in [4.78, 5) is 12.1. The van der Waals surface area contributed by atoms with E-state index < -0.39 is 0 Å². The van der Waals surface area contributed by atoms with Crippen LogP contribution in [0.5, 0.6) is 0 Å². The molecule has 0 saturated carbocycles. The van der Waals surface area contributed by atoms with Gasteiger partial charge in [0.1, 0.15) is 0 Å². The number of hydrogen-bond donors (Lipinski definition) is 1. The van der Waals surface area contributed by atoms with Gasteiger partial charge >= 0.3 is 0 Å². The maximum atomic E-state index is 12.1. The SMILES string of the molecule is CNc1cccc2ccc(=O)n(C(C)(C)C)c12. The van der Waals surface area contributed by atoms with Crippen molar-refractivity contribution in [2.45, 2.75) is 26.3 Å². The van der Waals surface area contributed by atoms with Gasteiger partial charge < -0.3 is 9.88 Å². The summed E-state index contributed by atoms with van der Waals surface area (Å²) in [6, 6.07) is 9.52. The smallest absolute Gasteiger partial charge is 0.251 e. The zero-order valence-electron chi connectivity index (χ0n) is 10.7. The molecule has 0 unspecified atom stereocenters. The molecule has 0 aliphatic rings. The van der Waals surface area contributed by atoms with E-state index in [9.17, 15) is 4.79 Å². The summed E-state index contributed by atoms with van der Waals surface area (Å²) in [5, 5.41) is 4.23. The molecule has 0 aliphatic carbocycles. The van der Waals surface area contributed by atoms with Gasteiger partial charge in [-0.15, -0.1) is 0 Å². The van der Waals surface area contributed by atoms with Crippen LogP contribution in [0.3, 0.4) is 0 Å². The summed E-state index contributed by atoms with van der Waals surface area (Å²) >= 11 is 0. The van der Waals surface area contributed by atoms with E-state index >= 15 is 0 Å². The number of hydrogen-bond acceptors (Lipinski definition) is 2. The lowest BCUT2D eigenvalue weighted by atomic mass is 10.1. The van der Waals surface area contributed by atoms with Gasteiger partial charge in [0.2, 0.25) is 0 Å². The molecule has 0 amide bonds. The summed E-state index contributed by atoms with van der Waals surface area (Å²) in [6.07, 6.45) is 0. The quantitative estimate of drug-likeness (QED) is 0.817. The monoisotopic (exact) mass is 230 g/mol. The molecule has 0 aliphatic heterocycles. The highest BCUT2D eigenvalue weighted by atomic mass is 16.1. The van der Waals surface area contributed by atoms with Gasteiger partial charge in [-0.2, -0.15) is 0 Å². The maximum Gasteiger partial charge on any atom is 0.251 e. The third-order valence-electron chi connectivity index (χ3n) is 2.86. The van der Waals surface area contributed by atoms with Crippen LogP contribution in [-0.2, 0) is 5.54 Å². The Bertz CT molecular complexity index is 606. The van der Waals surface area contributed by atoms with E-state index in [1.807, 2.05) is 56.7 Å². The van der Waals surface area contributed by atoms with E-state index in [1.165, 1.54) is 0 Å². The first-order valence-corrected chi connectivity index (χ1v) is 5.78. The van der Waals surface area contributed by atoms with Crippen molar-refractivity contribution in [2.24, 2.45) is 0 Å². The fourth-order valence-electron chi connectivity index (χ4n) is 2.16. The maximum absolute atomic E-state index is 12.1. The highest BCUT2D eigenvalue weighted by molar-refractivity contribution is 5.90. The lowest BCUT2D eigenvalue weighted by Gasteiger charge is -2.25. The van der Waals surface area contributed by atoms with Crippen molar-refractivity contribution in [3.8, 4) is 0 Å². The average molecular weight is 230 g/mol. The largest absolute Gasteiger partial charge is 0.386 e. The van der Waals surface area contributed by atoms with Gasteiger partial charge in [0, 0.05) is 24.0 Å². The van der Waals surface area contributed by atoms with Crippen LogP contribution in [0.1, 0.15) is 20.8 Å². The Kier molecular flexibility index (Phi) is 2.69. The van der Waals surface area contributed by atoms with Crippen LogP contribution in [-0.4, -0.2) is 11.6 Å². The van der Waals surface area contributed by atoms with Gasteiger partial charge in [-0.05, 0) is 32.9 Å². The van der Waals surface area contributed by atoms with E-state index in [1.54, 1.807) is 6.07 Å². The van der Waals surface area contributed by atoms with Crippen LogP contribution >= 0.6 is 0 Å². The van der Waals surface area contributed by atoms with Gasteiger partial charge in [-0.1, -0.05) is 12.1 Å². The van der Waals surface area contributed by atoms with Crippen LogP contribution in [0.2, 0.25) is 0 Å². The number of pyridine rings is 1. The summed E-state index contributed by atoms with van der Waals surface area (Å²) in [6.45, 7) is 6.13. The van der Waals surface area contributed by atoms with E-state index in [-0.39, 0.29) is 11.1 Å². The zero-order valence-corrected chi connectivity index (χ0v) is 10.7. The second-order valence-electron chi connectivity index (χ2n) is 5.17. The third-order valence-corrected chi connectivity index (χ3v) is 2.86. The molecule has 0 atom stereocenters. The Morgan fingerprint density at radius 3 is 2.41 bits per heavy atom. The lowest BCUT2D eigenvalue weighted by molar-refractivity contribution is 0.398. The van der Waals surface area contributed by atoms with Gasteiger partial charge in [-0.25, -0.2) is 0 Å². The van der Waals surface area contributed by atoms with Crippen molar-refractivity contribution in [3.05, 3.63) is 40.7 Å².